The van der Waals surface area contributed by atoms with E-state index in [1.807, 2.05) is 10.9 Å². The molecule has 0 aliphatic heterocycles. The molecule has 1 N–H and O–H groups in total. The van der Waals surface area contributed by atoms with Crippen LogP contribution in [-0.2, 0) is 12.0 Å². The number of aromatic nitrogens is 3. The molecular weight excluding hydrogens is 190 g/mol. The summed E-state index contributed by atoms with van der Waals surface area (Å²) in [5.74, 6) is 0.825. The van der Waals surface area contributed by atoms with E-state index in [1.165, 1.54) is 19.3 Å². The van der Waals surface area contributed by atoms with Crippen LogP contribution in [0.2, 0.25) is 0 Å². The van der Waals surface area contributed by atoms with E-state index in [0.29, 0.717) is 0 Å². The fourth-order valence-electron chi connectivity index (χ4n) is 2.29. The zero-order valence-electron chi connectivity index (χ0n) is 8.89. The van der Waals surface area contributed by atoms with E-state index in [9.17, 15) is 5.11 Å². The predicted octanol–water partition coefficient (Wildman–Crippen LogP) is 1.10. The first kappa shape index (κ1) is 9.33. The molecule has 3 rings (SSSR count). The van der Waals surface area contributed by atoms with Crippen LogP contribution in [0.5, 0.6) is 0 Å². The maximum absolute atomic E-state index is 9.42. The normalized spacial score (nSPS) is 23.8. The van der Waals surface area contributed by atoms with Crippen molar-refractivity contribution in [2.24, 2.45) is 5.92 Å². The van der Waals surface area contributed by atoms with Crippen molar-refractivity contribution in [3.63, 3.8) is 0 Å². The van der Waals surface area contributed by atoms with E-state index in [2.05, 4.69) is 10.3 Å². The van der Waals surface area contributed by atoms with Gasteiger partial charge in [-0.3, -0.25) is 4.68 Å². The van der Waals surface area contributed by atoms with Crippen LogP contribution in [0, 0.1) is 5.92 Å². The lowest BCUT2D eigenvalue weighted by Crippen LogP contribution is -2.38. The molecule has 1 heterocycles. The quantitative estimate of drug-likeness (QED) is 0.804. The summed E-state index contributed by atoms with van der Waals surface area (Å²) in [6.45, 7) is 1.23. The highest BCUT2D eigenvalue weighted by atomic mass is 16.3. The van der Waals surface area contributed by atoms with Crippen LogP contribution in [0.15, 0.2) is 6.20 Å². The molecule has 0 saturated heterocycles. The molecule has 1 aromatic rings. The Labute approximate surface area is 89.3 Å². The fourth-order valence-corrected chi connectivity index (χ4v) is 2.29. The van der Waals surface area contributed by atoms with Crippen LogP contribution in [0.3, 0.4) is 0 Å². The van der Waals surface area contributed by atoms with Crippen molar-refractivity contribution in [1.82, 2.24) is 15.0 Å². The Kier molecular flexibility index (Phi) is 2.06. The van der Waals surface area contributed by atoms with Crippen LogP contribution in [-0.4, -0.2) is 26.7 Å². The summed E-state index contributed by atoms with van der Waals surface area (Å²) in [6.07, 6.45) is 8.03. The first-order valence-electron chi connectivity index (χ1n) is 5.84. The topological polar surface area (TPSA) is 50.9 Å². The van der Waals surface area contributed by atoms with Gasteiger partial charge < -0.3 is 5.11 Å². The van der Waals surface area contributed by atoms with Crippen molar-refractivity contribution in [2.45, 2.75) is 44.1 Å². The van der Waals surface area contributed by atoms with E-state index in [1.54, 1.807) is 0 Å². The summed E-state index contributed by atoms with van der Waals surface area (Å²) in [5.41, 5.74) is 0.943. The molecule has 4 heteroatoms. The monoisotopic (exact) mass is 207 g/mol. The summed E-state index contributed by atoms with van der Waals surface area (Å²) in [4.78, 5) is 0. The van der Waals surface area contributed by atoms with Gasteiger partial charge in [0.25, 0.3) is 0 Å². The number of hydrogen-bond donors (Lipinski definition) is 1. The smallest absolute Gasteiger partial charge is 0.0911 e. The molecule has 1 aromatic heterocycles. The Bertz CT molecular complexity index is 347. The third-order valence-corrected chi connectivity index (χ3v) is 3.84. The zero-order chi connectivity index (χ0) is 10.3. The van der Waals surface area contributed by atoms with Gasteiger partial charge in [0.15, 0.2) is 0 Å². The molecule has 2 aliphatic rings. The molecule has 0 amide bonds. The molecule has 2 saturated carbocycles. The highest BCUT2D eigenvalue weighted by molar-refractivity contribution is 5.16. The average Bonchev–Trinajstić information content (AvgIpc) is 2.85. The first-order valence-corrected chi connectivity index (χ1v) is 5.84. The van der Waals surface area contributed by atoms with Crippen LogP contribution < -0.4 is 0 Å². The van der Waals surface area contributed by atoms with Crippen LogP contribution >= 0.6 is 0 Å². The Morgan fingerprint density at radius 2 is 2.27 bits per heavy atom. The van der Waals surface area contributed by atoms with Gasteiger partial charge in [0, 0.05) is 18.2 Å². The van der Waals surface area contributed by atoms with Gasteiger partial charge in [0.05, 0.1) is 12.3 Å². The minimum absolute atomic E-state index is 0.0538. The van der Waals surface area contributed by atoms with Crippen molar-refractivity contribution in [3.8, 4) is 0 Å². The van der Waals surface area contributed by atoms with Gasteiger partial charge in [-0.25, -0.2) is 0 Å². The number of hydrogen-bond acceptors (Lipinski definition) is 3. The molecule has 0 bridgehead atoms. The fraction of sp³-hybridized carbons (Fsp3) is 0.818. The summed E-state index contributed by atoms with van der Waals surface area (Å²) >= 11 is 0. The predicted molar refractivity (Wildman–Crippen MR) is 55.4 cm³/mol. The molecular formula is C11H17N3O. The largest absolute Gasteiger partial charge is 0.395 e. The second-order valence-corrected chi connectivity index (χ2v) is 5.06. The molecule has 82 valence electrons. The Hall–Kier alpha value is -0.900. The lowest BCUT2D eigenvalue weighted by molar-refractivity contribution is 0.116. The molecule has 15 heavy (non-hydrogen) atoms. The molecule has 0 atom stereocenters. The second-order valence-electron chi connectivity index (χ2n) is 5.06. The molecule has 0 radical (unpaired) electrons. The van der Waals surface area contributed by atoms with Crippen LogP contribution in [0.4, 0.5) is 0 Å². The van der Waals surface area contributed by atoms with Crippen molar-refractivity contribution < 1.29 is 5.11 Å². The first-order chi connectivity index (χ1) is 7.32. The van der Waals surface area contributed by atoms with Crippen molar-refractivity contribution >= 4 is 0 Å². The van der Waals surface area contributed by atoms with E-state index in [-0.39, 0.29) is 12.0 Å². The molecule has 2 fully saturated rings. The summed E-state index contributed by atoms with van der Waals surface area (Å²) in [7, 11) is 0. The highest BCUT2D eigenvalue weighted by Crippen LogP contribution is 2.42. The summed E-state index contributed by atoms with van der Waals surface area (Å²) in [5, 5.41) is 17.8. The van der Waals surface area contributed by atoms with Crippen LogP contribution in [0.25, 0.3) is 0 Å². The van der Waals surface area contributed by atoms with Gasteiger partial charge in [-0.15, -0.1) is 5.10 Å². The van der Waals surface area contributed by atoms with E-state index >= 15 is 0 Å². The summed E-state index contributed by atoms with van der Waals surface area (Å²) in [6, 6.07) is 0. The number of aliphatic hydroxyl groups excluding tert-OH is 1. The van der Waals surface area contributed by atoms with Gasteiger partial charge in [0.2, 0.25) is 0 Å². The third-order valence-electron chi connectivity index (χ3n) is 3.84. The molecule has 0 spiro atoms. The van der Waals surface area contributed by atoms with Crippen molar-refractivity contribution in [2.75, 3.05) is 6.61 Å². The SMILES string of the molecule is OCC1(c2cn(CC3CC3)nn2)CCC1. The Morgan fingerprint density at radius 1 is 1.47 bits per heavy atom. The van der Waals surface area contributed by atoms with Gasteiger partial charge in [0.1, 0.15) is 0 Å². The highest BCUT2D eigenvalue weighted by Gasteiger charge is 2.40. The Morgan fingerprint density at radius 3 is 2.80 bits per heavy atom. The maximum atomic E-state index is 9.42. The number of rotatable bonds is 4. The Balaban J connectivity index is 1.76. The number of nitrogens with zero attached hydrogens (tertiary/aromatic N) is 3. The van der Waals surface area contributed by atoms with Crippen molar-refractivity contribution in [1.29, 1.82) is 0 Å². The maximum Gasteiger partial charge on any atom is 0.0911 e. The molecule has 2 aliphatic carbocycles. The standard InChI is InChI=1S/C11H17N3O/c15-8-11(4-1-5-11)10-7-14(13-12-10)6-9-2-3-9/h7,9,15H,1-6,8H2. The lowest BCUT2D eigenvalue weighted by atomic mass is 9.67. The van der Waals surface area contributed by atoms with Gasteiger partial charge in [-0.2, -0.15) is 0 Å². The van der Waals surface area contributed by atoms with Gasteiger partial charge in [-0.1, -0.05) is 11.6 Å². The van der Waals surface area contributed by atoms with E-state index < -0.39 is 0 Å². The molecule has 4 nitrogen and oxygen atoms in total. The zero-order valence-corrected chi connectivity index (χ0v) is 8.89. The molecule has 0 aromatic carbocycles. The minimum Gasteiger partial charge on any atom is -0.395 e. The van der Waals surface area contributed by atoms with E-state index in [4.69, 9.17) is 0 Å². The average molecular weight is 207 g/mol. The van der Waals surface area contributed by atoms with Gasteiger partial charge in [-0.05, 0) is 31.6 Å². The van der Waals surface area contributed by atoms with E-state index in [0.717, 1.165) is 31.0 Å². The third kappa shape index (κ3) is 1.57. The van der Waals surface area contributed by atoms with Crippen LogP contribution in [0.1, 0.15) is 37.8 Å². The van der Waals surface area contributed by atoms with Gasteiger partial charge >= 0.3 is 0 Å². The lowest BCUT2D eigenvalue weighted by Gasteiger charge is -2.38. The number of aliphatic hydroxyl groups is 1. The second kappa shape index (κ2) is 3.30. The molecule has 0 unspecified atom stereocenters. The van der Waals surface area contributed by atoms with Crippen molar-refractivity contribution in [3.05, 3.63) is 11.9 Å². The minimum atomic E-state index is -0.0538. The summed E-state index contributed by atoms with van der Waals surface area (Å²) < 4.78 is 1.95.